The van der Waals surface area contributed by atoms with Crippen molar-refractivity contribution < 1.29 is 4.74 Å². The molecule has 0 spiro atoms. The van der Waals surface area contributed by atoms with Crippen molar-refractivity contribution in [2.45, 2.75) is 13.8 Å². The van der Waals surface area contributed by atoms with Gasteiger partial charge in [0, 0.05) is 4.47 Å². The Hall–Kier alpha value is -0.500. The fraction of sp³-hybridized carbons (Fsp3) is 0.400. The number of ether oxygens (including phenoxy) is 1. The highest BCUT2D eigenvalue weighted by atomic mass is 79.9. The largest absolute Gasteiger partial charge is 0.493 e. The molecule has 0 aromatic heterocycles. The third kappa shape index (κ3) is 3.26. The van der Waals surface area contributed by atoms with Crippen molar-refractivity contribution in [2.75, 3.05) is 6.61 Å². The fourth-order valence-corrected chi connectivity index (χ4v) is 1.13. The van der Waals surface area contributed by atoms with Gasteiger partial charge in [-0.25, -0.2) is 0 Å². The van der Waals surface area contributed by atoms with Crippen LogP contribution in [-0.2, 0) is 0 Å². The van der Waals surface area contributed by atoms with Crippen molar-refractivity contribution in [1.82, 2.24) is 0 Å². The average molecular weight is 228 g/mol. The van der Waals surface area contributed by atoms with Crippen molar-refractivity contribution in [2.24, 2.45) is 5.92 Å². The zero-order valence-electron chi connectivity index (χ0n) is 7.30. The molecule has 1 radical (unpaired) electrons. The van der Waals surface area contributed by atoms with Gasteiger partial charge in [0.15, 0.2) is 0 Å². The zero-order chi connectivity index (χ0) is 8.97. The molecule has 0 aliphatic heterocycles. The summed E-state index contributed by atoms with van der Waals surface area (Å²) in [7, 11) is 0. The topological polar surface area (TPSA) is 9.23 Å². The molecule has 0 N–H and O–H groups in total. The average Bonchev–Trinajstić information content (AvgIpc) is 2.01. The van der Waals surface area contributed by atoms with Crippen LogP contribution in [0.3, 0.4) is 0 Å². The Bertz CT molecular complexity index is 245. The lowest BCUT2D eigenvalue weighted by Gasteiger charge is -2.07. The Morgan fingerprint density at radius 2 is 2.25 bits per heavy atom. The van der Waals surface area contributed by atoms with Crippen LogP contribution in [0.4, 0.5) is 0 Å². The molecule has 0 unspecified atom stereocenters. The lowest BCUT2D eigenvalue weighted by Crippen LogP contribution is -2.04. The van der Waals surface area contributed by atoms with E-state index in [-0.39, 0.29) is 0 Å². The van der Waals surface area contributed by atoms with Crippen LogP contribution in [0.2, 0.25) is 0 Å². The Morgan fingerprint density at radius 1 is 1.50 bits per heavy atom. The first-order chi connectivity index (χ1) is 5.68. The minimum Gasteiger partial charge on any atom is -0.493 e. The summed E-state index contributed by atoms with van der Waals surface area (Å²) in [6.45, 7) is 5.01. The molecular weight excluding hydrogens is 216 g/mol. The second-order valence-corrected chi connectivity index (χ2v) is 4.01. The van der Waals surface area contributed by atoms with Gasteiger partial charge in [-0.2, -0.15) is 0 Å². The summed E-state index contributed by atoms with van der Waals surface area (Å²) in [4.78, 5) is 0. The van der Waals surface area contributed by atoms with Gasteiger partial charge in [-0.15, -0.1) is 0 Å². The van der Waals surface area contributed by atoms with E-state index in [1.165, 1.54) is 0 Å². The first-order valence-electron chi connectivity index (χ1n) is 3.98. The van der Waals surface area contributed by atoms with E-state index in [0.29, 0.717) is 5.92 Å². The van der Waals surface area contributed by atoms with Crippen molar-refractivity contribution >= 4 is 15.9 Å². The zero-order valence-corrected chi connectivity index (χ0v) is 8.89. The summed E-state index contributed by atoms with van der Waals surface area (Å²) < 4.78 is 6.49. The summed E-state index contributed by atoms with van der Waals surface area (Å²) in [5.41, 5.74) is 0. The maximum atomic E-state index is 5.49. The highest BCUT2D eigenvalue weighted by Crippen LogP contribution is 2.17. The lowest BCUT2D eigenvalue weighted by atomic mass is 10.2. The molecule has 0 saturated heterocycles. The smallest absolute Gasteiger partial charge is 0.121 e. The van der Waals surface area contributed by atoms with Crippen LogP contribution in [0.15, 0.2) is 22.7 Å². The summed E-state index contributed by atoms with van der Waals surface area (Å²) in [6.07, 6.45) is 0. The third-order valence-electron chi connectivity index (χ3n) is 1.31. The molecule has 2 heteroatoms. The Labute approximate surface area is 81.9 Å². The first-order valence-corrected chi connectivity index (χ1v) is 4.77. The van der Waals surface area contributed by atoms with Gasteiger partial charge in [0.1, 0.15) is 5.75 Å². The summed E-state index contributed by atoms with van der Waals surface area (Å²) in [6, 6.07) is 8.63. The SMILES string of the molecule is CC(C)COc1c[c]cc(Br)c1. The monoisotopic (exact) mass is 227 g/mol. The molecule has 12 heavy (non-hydrogen) atoms. The van der Waals surface area contributed by atoms with Crippen LogP contribution < -0.4 is 4.74 Å². The number of hydrogen-bond donors (Lipinski definition) is 0. The van der Waals surface area contributed by atoms with Gasteiger partial charge in [0.2, 0.25) is 0 Å². The molecule has 1 aromatic carbocycles. The van der Waals surface area contributed by atoms with Crippen LogP contribution in [0, 0.1) is 12.0 Å². The minimum absolute atomic E-state index is 0.559. The maximum Gasteiger partial charge on any atom is 0.121 e. The molecule has 0 fully saturated rings. The van der Waals surface area contributed by atoms with Gasteiger partial charge in [0.05, 0.1) is 6.61 Å². The van der Waals surface area contributed by atoms with E-state index < -0.39 is 0 Å². The van der Waals surface area contributed by atoms with Gasteiger partial charge in [-0.1, -0.05) is 29.8 Å². The summed E-state index contributed by atoms with van der Waals surface area (Å²) >= 11 is 3.36. The highest BCUT2D eigenvalue weighted by molar-refractivity contribution is 9.10. The highest BCUT2D eigenvalue weighted by Gasteiger charge is 1.96. The molecule has 1 rings (SSSR count). The van der Waals surface area contributed by atoms with E-state index in [0.717, 1.165) is 16.8 Å². The standard InChI is InChI=1S/C10H12BrO/c1-8(2)7-12-10-5-3-4-9(11)6-10/h4-6,8H,7H2,1-2H3. The normalized spacial score (nSPS) is 10.3. The number of benzene rings is 1. The molecule has 0 aliphatic carbocycles. The van der Waals surface area contributed by atoms with Crippen LogP contribution in [0.25, 0.3) is 0 Å². The molecule has 0 amide bonds. The molecule has 1 aromatic rings. The van der Waals surface area contributed by atoms with E-state index >= 15 is 0 Å². The van der Waals surface area contributed by atoms with Gasteiger partial charge in [-0.3, -0.25) is 0 Å². The molecule has 0 aliphatic rings. The quantitative estimate of drug-likeness (QED) is 0.771. The Morgan fingerprint density at radius 3 is 2.83 bits per heavy atom. The van der Waals surface area contributed by atoms with E-state index in [1.807, 2.05) is 18.2 Å². The van der Waals surface area contributed by atoms with Gasteiger partial charge in [0.25, 0.3) is 0 Å². The first kappa shape index (κ1) is 9.59. The van der Waals surface area contributed by atoms with Crippen LogP contribution in [-0.4, -0.2) is 6.61 Å². The predicted octanol–water partition coefficient (Wildman–Crippen LogP) is 3.28. The molecular formula is C10H12BrO. The van der Waals surface area contributed by atoms with Gasteiger partial charge in [-0.05, 0) is 30.2 Å². The number of hydrogen-bond acceptors (Lipinski definition) is 1. The van der Waals surface area contributed by atoms with Crippen molar-refractivity contribution in [3.8, 4) is 5.75 Å². The van der Waals surface area contributed by atoms with Gasteiger partial charge < -0.3 is 4.74 Å². The van der Waals surface area contributed by atoms with Crippen LogP contribution in [0.5, 0.6) is 5.75 Å². The van der Waals surface area contributed by atoms with Crippen LogP contribution >= 0.6 is 15.9 Å². The molecule has 0 saturated carbocycles. The maximum absolute atomic E-state index is 5.49. The second kappa shape index (κ2) is 4.51. The minimum atomic E-state index is 0.559. The predicted molar refractivity (Wildman–Crippen MR) is 53.3 cm³/mol. The Kier molecular flexibility index (Phi) is 3.60. The van der Waals surface area contributed by atoms with Crippen molar-refractivity contribution in [1.29, 1.82) is 0 Å². The fourth-order valence-electron chi connectivity index (χ4n) is 0.769. The molecule has 0 atom stereocenters. The van der Waals surface area contributed by atoms with E-state index in [2.05, 4.69) is 35.8 Å². The Balaban J connectivity index is 2.52. The second-order valence-electron chi connectivity index (χ2n) is 3.09. The van der Waals surface area contributed by atoms with Crippen molar-refractivity contribution in [3.63, 3.8) is 0 Å². The lowest BCUT2D eigenvalue weighted by molar-refractivity contribution is 0.271. The third-order valence-corrected chi connectivity index (χ3v) is 1.77. The molecule has 65 valence electrons. The van der Waals surface area contributed by atoms with E-state index in [9.17, 15) is 0 Å². The number of halogens is 1. The van der Waals surface area contributed by atoms with Crippen molar-refractivity contribution in [3.05, 3.63) is 28.7 Å². The molecule has 1 nitrogen and oxygen atoms in total. The van der Waals surface area contributed by atoms with Gasteiger partial charge >= 0.3 is 0 Å². The number of rotatable bonds is 3. The summed E-state index contributed by atoms with van der Waals surface area (Å²) in [5, 5.41) is 0. The van der Waals surface area contributed by atoms with E-state index in [4.69, 9.17) is 4.74 Å². The molecule has 0 heterocycles. The summed E-state index contributed by atoms with van der Waals surface area (Å²) in [5.74, 6) is 1.43. The van der Waals surface area contributed by atoms with Crippen LogP contribution in [0.1, 0.15) is 13.8 Å². The molecule has 0 bridgehead atoms. The van der Waals surface area contributed by atoms with E-state index in [1.54, 1.807) is 0 Å².